The van der Waals surface area contributed by atoms with Crippen molar-refractivity contribution in [1.29, 1.82) is 0 Å². The Kier molecular flexibility index (Phi) is 4.96. The number of carbonyl (C=O) groups is 1. The molecule has 5 heteroatoms. The zero-order valence-electron chi connectivity index (χ0n) is 10.1. The van der Waals surface area contributed by atoms with Crippen LogP contribution >= 0.6 is 11.8 Å². The van der Waals surface area contributed by atoms with E-state index in [1.54, 1.807) is 18.0 Å². The normalized spacial score (nSPS) is 13.4. The van der Waals surface area contributed by atoms with Gasteiger partial charge in [-0.2, -0.15) is 11.8 Å². The highest BCUT2D eigenvalue weighted by Gasteiger charge is 2.32. The Morgan fingerprint density at radius 2 is 2.29 bits per heavy atom. The van der Waals surface area contributed by atoms with Crippen molar-refractivity contribution in [1.82, 2.24) is 4.98 Å². The Morgan fingerprint density at radius 3 is 2.82 bits per heavy atom. The number of aryl methyl sites for hydroxylation is 1. The van der Waals surface area contributed by atoms with Gasteiger partial charge < -0.3 is 10.8 Å². The maximum Gasteiger partial charge on any atom is 0.321 e. The van der Waals surface area contributed by atoms with E-state index < -0.39 is 16.8 Å². The number of hydrogen-bond acceptors (Lipinski definition) is 4. The third kappa shape index (κ3) is 4.36. The first-order chi connectivity index (χ1) is 7.93. The Labute approximate surface area is 106 Å². The lowest BCUT2D eigenvalue weighted by molar-refractivity contribution is -0.139. The minimum atomic E-state index is -0.958. The van der Waals surface area contributed by atoms with Crippen molar-refractivity contribution in [2.75, 3.05) is 5.75 Å². The molecular formula is C12H18N2O2S. The average molecular weight is 254 g/mol. The van der Waals surface area contributed by atoms with Gasteiger partial charge in [0.25, 0.3) is 0 Å². The molecule has 1 aromatic rings. The molecule has 0 amide bonds. The molecule has 94 valence electrons. The molecule has 0 aliphatic rings. The van der Waals surface area contributed by atoms with Crippen LogP contribution in [0.4, 0.5) is 0 Å². The van der Waals surface area contributed by atoms with Crippen LogP contribution in [-0.4, -0.2) is 32.6 Å². The van der Waals surface area contributed by atoms with E-state index in [9.17, 15) is 4.79 Å². The van der Waals surface area contributed by atoms with E-state index in [0.717, 1.165) is 17.9 Å². The van der Waals surface area contributed by atoms with Crippen LogP contribution in [-0.2, 0) is 11.2 Å². The quantitative estimate of drug-likeness (QED) is 0.805. The summed E-state index contributed by atoms with van der Waals surface area (Å²) in [5.74, 6) is -0.148. The third-order valence-electron chi connectivity index (χ3n) is 2.57. The molecule has 0 aliphatic carbocycles. The van der Waals surface area contributed by atoms with Gasteiger partial charge in [-0.3, -0.25) is 9.78 Å². The van der Waals surface area contributed by atoms with Crippen LogP contribution in [0.15, 0.2) is 24.4 Å². The molecule has 0 bridgehead atoms. The highest BCUT2D eigenvalue weighted by molar-refractivity contribution is 8.00. The Hall–Kier alpha value is -1.07. The first kappa shape index (κ1) is 14.0. The summed E-state index contributed by atoms with van der Waals surface area (Å²) < 4.78 is -0.472. The molecule has 0 spiro atoms. The number of carboxylic acid groups (broad SMARTS) is 1. The third-order valence-corrected chi connectivity index (χ3v) is 3.98. The standard InChI is InChI=1S/C12H18N2O2S/c1-12(2,10(13)11(15)16)17-8-6-9-5-3-4-7-14-9/h3-5,7,10H,6,8,13H2,1-2H3,(H,15,16). The number of carboxylic acids is 1. The largest absolute Gasteiger partial charge is 0.480 e. The van der Waals surface area contributed by atoms with Crippen LogP contribution in [0.5, 0.6) is 0 Å². The van der Waals surface area contributed by atoms with Crippen molar-refractivity contribution >= 4 is 17.7 Å². The number of hydrogen-bond donors (Lipinski definition) is 2. The molecule has 3 N–H and O–H groups in total. The fourth-order valence-electron chi connectivity index (χ4n) is 1.35. The minimum absolute atomic E-state index is 0.472. The second-order valence-electron chi connectivity index (χ2n) is 4.34. The first-order valence-corrected chi connectivity index (χ1v) is 6.44. The molecule has 1 atom stereocenters. The summed E-state index contributed by atoms with van der Waals surface area (Å²) in [4.78, 5) is 15.0. The smallest absolute Gasteiger partial charge is 0.321 e. The van der Waals surface area contributed by atoms with E-state index in [1.165, 1.54) is 0 Å². The lowest BCUT2D eigenvalue weighted by Crippen LogP contribution is -2.46. The fraction of sp³-hybridized carbons (Fsp3) is 0.500. The van der Waals surface area contributed by atoms with Crippen LogP contribution in [0.25, 0.3) is 0 Å². The predicted octanol–water partition coefficient (Wildman–Crippen LogP) is 1.55. The van der Waals surface area contributed by atoms with Crippen molar-refractivity contribution in [2.45, 2.75) is 31.1 Å². The maximum atomic E-state index is 10.8. The fourth-order valence-corrected chi connectivity index (χ4v) is 2.47. The van der Waals surface area contributed by atoms with E-state index in [2.05, 4.69) is 4.98 Å². The van der Waals surface area contributed by atoms with Gasteiger partial charge >= 0.3 is 5.97 Å². The van der Waals surface area contributed by atoms with Gasteiger partial charge in [-0.1, -0.05) is 6.07 Å². The molecule has 1 aromatic heterocycles. The summed E-state index contributed by atoms with van der Waals surface area (Å²) in [6.07, 6.45) is 2.58. The molecule has 1 unspecified atom stereocenters. The van der Waals surface area contributed by atoms with Crippen LogP contribution in [0, 0.1) is 0 Å². The van der Waals surface area contributed by atoms with E-state index >= 15 is 0 Å². The SMILES string of the molecule is CC(C)(SCCc1ccccn1)C(N)C(=O)O. The molecule has 0 radical (unpaired) electrons. The van der Waals surface area contributed by atoms with Crippen LogP contribution < -0.4 is 5.73 Å². The minimum Gasteiger partial charge on any atom is -0.480 e. The molecule has 0 fully saturated rings. The first-order valence-electron chi connectivity index (χ1n) is 5.46. The summed E-state index contributed by atoms with van der Waals surface area (Å²) in [6.45, 7) is 3.71. The van der Waals surface area contributed by atoms with Crippen molar-refractivity contribution in [3.05, 3.63) is 30.1 Å². The molecule has 0 aromatic carbocycles. The molecule has 0 aliphatic heterocycles. The van der Waals surface area contributed by atoms with Crippen molar-refractivity contribution in [3.8, 4) is 0 Å². The predicted molar refractivity (Wildman–Crippen MR) is 70.1 cm³/mol. The monoisotopic (exact) mass is 254 g/mol. The number of nitrogens with two attached hydrogens (primary N) is 1. The number of rotatable bonds is 6. The van der Waals surface area contributed by atoms with Crippen molar-refractivity contribution in [2.24, 2.45) is 5.73 Å². The summed E-state index contributed by atoms with van der Waals surface area (Å²) in [7, 11) is 0. The number of nitrogens with zero attached hydrogens (tertiary/aromatic N) is 1. The van der Waals surface area contributed by atoms with Gasteiger partial charge in [-0.15, -0.1) is 0 Å². The van der Waals surface area contributed by atoms with E-state index in [-0.39, 0.29) is 0 Å². The van der Waals surface area contributed by atoms with E-state index in [4.69, 9.17) is 10.8 Å². The van der Waals surface area contributed by atoms with Crippen LogP contribution in [0.1, 0.15) is 19.5 Å². The van der Waals surface area contributed by atoms with Crippen LogP contribution in [0.3, 0.4) is 0 Å². The van der Waals surface area contributed by atoms with Gasteiger partial charge in [0, 0.05) is 16.6 Å². The number of pyridine rings is 1. The lowest BCUT2D eigenvalue weighted by atomic mass is 10.1. The summed E-state index contributed by atoms with van der Waals surface area (Å²) in [5.41, 5.74) is 6.65. The summed E-state index contributed by atoms with van der Waals surface area (Å²) in [5, 5.41) is 8.88. The van der Waals surface area contributed by atoms with Gasteiger partial charge in [0.15, 0.2) is 0 Å². The summed E-state index contributed by atoms with van der Waals surface area (Å²) >= 11 is 1.56. The van der Waals surface area contributed by atoms with Gasteiger partial charge in [0.1, 0.15) is 6.04 Å². The Bertz CT molecular complexity index is 368. The lowest BCUT2D eigenvalue weighted by Gasteiger charge is -2.27. The molecule has 1 heterocycles. The number of aromatic nitrogens is 1. The van der Waals surface area contributed by atoms with Gasteiger partial charge in [-0.05, 0) is 38.2 Å². The molecule has 1 rings (SSSR count). The Balaban J connectivity index is 2.43. The molecule has 0 saturated heterocycles. The van der Waals surface area contributed by atoms with Crippen molar-refractivity contribution < 1.29 is 9.90 Å². The maximum absolute atomic E-state index is 10.8. The molecule has 4 nitrogen and oxygen atoms in total. The summed E-state index contributed by atoms with van der Waals surface area (Å²) in [6, 6.07) is 4.93. The highest BCUT2D eigenvalue weighted by Crippen LogP contribution is 2.27. The van der Waals surface area contributed by atoms with Crippen molar-refractivity contribution in [3.63, 3.8) is 0 Å². The molecular weight excluding hydrogens is 236 g/mol. The zero-order chi connectivity index (χ0) is 12.9. The zero-order valence-corrected chi connectivity index (χ0v) is 10.9. The highest BCUT2D eigenvalue weighted by atomic mass is 32.2. The average Bonchev–Trinajstić information content (AvgIpc) is 2.29. The molecule has 17 heavy (non-hydrogen) atoms. The number of aliphatic carboxylic acids is 1. The second kappa shape index (κ2) is 6.02. The van der Waals surface area contributed by atoms with Crippen LogP contribution in [0.2, 0.25) is 0 Å². The topological polar surface area (TPSA) is 76.2 Å². The molecule has 0 saturated carbocycles. The van der Waals surface area contributed by atoms with Gasteiger partial charge in [-0.25, -0.2) is 0 Å². The Morgan fingerprint density at radius 1 is 1.59 bits per heavy atom. The van der Waals surface area contributed by atoms with E-state index in [1.807, 2.05) is 32.0 Å². The number of thioether (sulfide) groups is 1. The van der Waals surface area contributed by atoms with Gasteiger partial charge in [0.2, 0.25) is 0 Å². The second-order valence-corrected chi connectivity index (χ2v) is 6.09. The van der Waals surface area contributed by atoms with Gasteiger partial charge in [0.05, 0.1) is 0 Å². The van der Waals surface area contributed by atoms with E-state index in [0.29, 0.717) is 0 Å².